The average molecular weight is 399 g/mol. The van der Waals surface area contributed by atoms with Crippen molar-refractivity contribution in [1.82, 2.24) is 9.97 Å². The Morgan fingerprint density at radius 2 is 1.90 bits per heavy atom. The smallest absolute Gasteiger partial charge is 0.332 e. The molecular formula is C21H29BFN4O2. The largest absolute Gasteiger partial charge is 0.427 e. The average Bonchev–Trinajstić information content (AvgIpc) is 2.69. The number of aromatic nitrogens is 2. The zero-order chi connectivity index (χ0) is 21.7. The highest BCUT2D eigenvalue weighted by Crippen LogP contribution is 2.25. The van der Waals surface area contributed by atoms with Gasteiger partial charge >= 0.3 is 7.48 Å². The van der Waals surface area contributed by atoms with E-state index in [0.29, 0.717) is 12.1 Å². The topological polar surface area (TPSA) is 70.5 Å². The van der Waals surface area contributed by atoms with Gasteiger partial charge in [0.2, 0.25) is 0 Å². The molecule has 0 saturated carbocycles. The monoisotopic (exact) mass is 399 g/mol. The maximum atomic E-state index is 12.1. The summed E-state index contributed by atoms with van der Waals surface area (Å²) >= 11 is 0. The number of rotatable bonds is 9. The summed E-state index contributed by atoms with van der Waals surface area (Å²) < 4.78 is 17.8. The number of aliphatic hydroxyl groups is 1. The maximum Gasteiger partial charge on any atom is 0.332 e. The van der Waals surface area contributed by atoms with Crippen LogP contribution in [0.4, 0.5) is 16.0 Å². The number of nitrogens with zero attached hydrogens (tertiary/aromatic N) is 3. The number of halogens is 1. The van der Waals surface area contributed by atoms with E-state index in [0.717, 1.165) is 16.8 Å². The Hall–Kier alpha value is -2.45. The second kappa shape index (κ2) is 9.37. The predicted molar refractivity (Wildman–Crippen MR) is 116 cm³/mol. The third-order valence-corrected chi connectivity index (χ3v) is 5.24. The summed E-state index contributed by atoms with van der Waals surface area (Å²) in [5.41, 5.74) is 0.110. The Morgan fingerprint density at radius 3 is 2.41 bits per heavy atom. The zero-order valence-corrected chi connectivity index (χ0v) is 17.8. The fraction of sp³-hybridized carbons (Fsp3) is 0.429. The lowest BCUT2D eigenvalue weighted by Crippen LogP contribution is -2.49. The molecule has 0 aliphatic carbocycles. The summed E-state index contributed by atoms with van der Waals surface area (Å²) in [4.78, 5) is 10.8. The molecule has 2 aromatic heterocycles. The normalized spacial score (nSPS) is 13.4. The van der Waals surface area contributed by atoms with Crippen LogP contribution in [0.25, 0.3) is 0 Å². The minimum atomic E-state index is -0.978. The number of pyridine rings is 2. The van der Waals surface area contributed by atoms with Gasteiger partial charge in [-0.1, -0.05) is 12.1 Å². The summed E-state index contributed by atoms with van der Waals surface area (Å²) in [5.74, 6) is 1.38. The van der Waals surface area contributed by atoms with E-state index in [9.17, 15) is 9.50 Å². The SMILES string of the molecule is C[C@@H](c1ccc(N/C=C/F)nc1)N(C)c1ccc([B]OC(C)(C)C(C)(C)O)cn1. The molecule has 0 aliphatic heterocycles. The Morgan fingerprint density at radius 1 is 1.17 bits per heavy atom. The van der Waals surface area contributed by atoms with Crippen LogP contribution in [0.15, 0.2) is 49.2 Å². The fourth-order valence-corrected chi connectivity index (χ4v) is 2.31. The Kier molecular flexibility index (Phi) is 7.38. The molecular weight excluding hydrogens is 370 g/mol. The van der Waals surface area contributed by atoms with E-state index < -0.39 is 11.2 Å². The standard InChI is InChI=1S/C21H29BFN4O2/c1-15(16-7-9-18(25-13-16)24-12-11-23)27(6)19-10-8-17(14-26-19)22-29-21(4,5)20(2,3)28/h7-15,28H,1-6H3,(H,24,25)/b12-11+/t15-/m0/s1. The van der Waals surface area contributed by atoms with Gasteiger partial charge in [-0.15, -0.1) is 0 Å². The molecule has 0 bridgehead atoms. The van der Waals surface area contributed by atoms with Gasteiger partial charge in [-0.05, 0) is 57.8 Å². The second-order valence-corrected chi connectivity index (χ2v) is 7.96. The molecule has 8 heteroatoms. The van der Waals surface area contributed by atoms with Gasteiger partial charge in [-0.25, -0.2) is 14.4 Å². The van der Waals surface area contributed by atoms with Crippen LogP contribution in [-0.2, 0) is 4.65 Å². The summed E-state index contributed by atoms with van der Waals surface area (Å²) in [5, 5.41) is 12.9. The molecule has 2 N–H and O–H groups in total. The molecule has 0 fully saturated rings. The molecule has 2 aromatic rings. The number of anilines is 2. The molecule has 2 rings (SSSR count). The quantitative estimate of drug-likeness (QED) is 0.631. The molecule has 6 nitrogen and oxygen atoms in total. The molecule has 0 amide bonds. The van der Waals surface area contributed by atoms with Crippen molar-refractivity contribution in [2.75, 3.05) is 17.3 Å². The molecule has 2 heterocycles. The van der Waals surface area contributed by atoms with Gasteiger partial charge in [0.25, 0.3) is 0 Å². The minimum absolute atomic E-state index is 0.0426. The molecule has 29 heavy (non-hydrogen) atoms. The lowest BCUT2D eigenvalue weighted by Gasteiger charge is -2.37. The van der Waals surface area contributed by atoms with E-state index in [1.54, 1.807) is 39.8 Å². The second-order valence-electron chi connectivity index (χ2n) is 7.96. The summed E-state index contributed by atoms with van der Waals surface area (Å²) in [6, 6.07) is 7.61. The predicted octanol–water partition coefficient (Wildman–Crippen LogP) is 3.34. The van der Waals surface area contributed by atoms with Gasteiger partial charge in [-0.2, -0.15) is 0 Å². The fourth-order valence-electron chi connectivity index (χ4n) is 2.31. The van der Waals surface area contributed by atoms with E-state index in [1.807, 2.05) is 44.0 Å². The van der Waals surface area contributed by atoms with E-state index in [-0.39, 0.29) is 6.04 Å². The minimum Gasteiger partial charge on any atom is -0.427 e. The molecule has 1 radical (unpaired) electrons. The highest BCUT2D eigenvalue weighted by Gasteiger charge is 2.35. The van der Waals surface area contributed by atoms with Gasteiger partial charge in [0.15, 0.2) is 0 Å². The Bertz CT molecular complexity index is 805. The number of nitrogens with one attached hydrogen (secondary N) is 1. The summed E-state index contributed by atoms with van der Waals surface area (Å²) in [6.07, 6.45) is 5.10. The molecule has 0 spiro atoms. The van der Waals surface area contributed by atoms with Gasteiger partial charge < -0.3 is 20.0 Å². The highest BCUT2D eigenvalue weighted by atomic mass is 19.1. The van der Waals surface area contributed by atoms with Crippen molar-refractivity contribution in [1.29, 1.82) is 0 Å². The summed E-state index contributed by atoms with van der Waals surface area (Å²) in [7, 11) is 3.57. The number of hydrogen-bond donors (Lipinski definition) is 2. The van der Waals surface area contributed by atoms with Crippen molar-refractivity contribution in [2.24, 2.45) is 0 Å². The van der Waals surface area contributed by atoms with Crippen molar-refractivity contribution in [3.63, 3.8) is 0 Å². The molecule has 0 aromatic carbocycles. The first-order valence-corrected chi connectivity index (χ1v) is 9.45. The molecule has 155 valence electrons. The van der Waals surface area contributed by atoms with Crippen molar-refractivity contribution < 1.29 is 14.2 Å². The van der Waals surface area contributed by atoms with Crippen molar-refractivity contribution in [3.05, 3.63) is 54.8 Å². The van der Waals surface area contributed by atoms with Gasteiger partial charge in [0.1, 0.15) is 18.0 Å². The lowest BCUT2D eigenvalue weighted by atomic mass is 9.83. The van der Waals surface area contributed by atoms with E-state index in [1.165, 1.54) is 6.20 Å². The van der Waals surface area contributed by atoms with E-state index in [2.05, 4.69) is 22.2 Å². The van der Waals surface area contributed by atoms with Crippen LogP contribution in [0.1, 0.15) is 46.2 Å². The molecule has 1 atom stereocenters. The molecule has 0 unspecified atom stereocenters. The van der Waals surface area contributed by atoms with Crippen LogP contribution in [0.5, 0.6) is 0 Å². The van der Waals surface area contributed by atoms with Crippen molar-refractivity contribution >= 4 is 24.6 Å². The van der Waals surface area contributed by atoms with Crippen LogP contribution < -0.4 is 15.7 Å². The lowest BCUT2D eigenvalue weighted by molar-refractivity contribution is -0.0893. The van der Waals surface area contributed by atoms with Gasteiger partial charge in [0.05, 0.1) is 17.2 Å². The van der Waals surface area contributed by atoms with Crippen LogP contribution in [-0.4, -0.2) is 40.8 Å². The summed E-state index contributed by atoms with van der Waals surface area (Å²) in [6.45, 7) is 9.16. The van der Waals surface area contributed by atoms with Crippen LogP contribution in [0, 0.1) is 0 Å². The third-order valence-electron chi connectivity index (χ3n) is 5.24. The first-order valence-electron chi connectivity index (χ1n) is 9.45. The first kappa shape index (κ1) is 22.8. The van der Waals surface area contributed by atoms with Crippen LogP contribution in [0.3, 0.4) is 0 Å². The van der Waals surface area contributed by atoms with E-state index in [4.69, 9.17) is 4.65 Å². The number of hydrogen-bond acceptors (Lipinski definition) is 6. The van der Waals surface area contributed by atoms with Gasteiger partial charge in [0, 0.05) is 25.6 Å². The maximum absolute atomic E-state index is 12.1. The van der Waals surface area contributed by atoms with Crippen LogP contribution in [0.2, 0.25) is 0 Å². The zero-order valence-electron chi connectivity index (χ0n) is 17.8. The Balaban J connectivity index is 2.01. The van der Waals surface area contributed by atoms with Crippen molar-refractivity contribution in [2.45, 2.75) is 51.9 Å². The molecule has 0 saturated heterocycles. The Labute approximate surface area is 173 Å². The van der Waals surface area contributed by atoms with E-state index >= 15 is 0 Å². The molecule has 0 aliphatic rings. The highest BCUT2D eigenvalue weighted by molar-refractivity contribution is 6.46. The van der Waals surface area contributed by atoms with Gasteiger partial charge in [-0.3, -0.25) is 0 Å². The van der Waals surface area contributed by atoms with Crippen LogP contribution >= 0.6 is 0 Å². The first-order chi connectivity index (χ1) is 13.5. The van der Waals surface area contributed by atoms with Crippen molar-refractivity contribution in [3.8, 4) is 0 Å². The third kappa shape index (κ3) is 6.01.